The van der Waals surface area contributed by atoms with E-state index in [-0.39, 0.29) is 29.6 Å². The zero-order valence-electron chi connectivity index (χ0n) is 5.80. The average Bonchev–Trinajstić information content (AvgIpc) is 1.90. The van der Waals surface area contributed by atoms with Crippen LogP contribution in [0.3, 0.4) is 0 Å². The van der Waals surface area contributed by atoms with Crippen LogP contribution in [0.25, 0.3) is 0 Å². The van der Waals surface area contributed by atoms with Crippen LogP contribution in [0, 0.1) is 0 Å². The first kappa shape index (κ1) is 10.9. The van der Waals surface area contributed by atoms with E-state index in [2.05, 4.69) is 0 Å². The van der Waals surface area contributed by atoms with E-state index in [1.54, 1.807) is 0 Å². The van der Waals surface area contributed by atoms with Gasteiger partial charge >= 0.3 is 29.6 Å². The summed E-state index contributed by atoms with van der Waals surface area (Å²) in [4.78, 5) is 0. The molecule has 0 bridgehead atoms. The molecule has 0 spiro atoms. The van der Waals surface area contributed by atoms with Crippen molar-refractivity contribution >= 4 is 24.2 Å². The van der Waals surface area contributed by atoms with Gasteiger partial charge in [0.1, 0.15) is 0 Å². The van der Waals surface area contributed by atoms with Crippen LogP contribution in [0.5, 0.6) is 0 Å². The minimum Gasteiger partial charge on any atom is -0.788 e. The van der Waals surface area contributed by atoms with Gasteiger partial charge in [0.15, 0.2) is 0 Å². The van der Waals surface area contributed by atoms with Gasteiger partial charge in [0, 0.05) is 5.02 Å². The Morgan fingerprint density at radius 2 is 1.70 bits per heavy atom. The summed E-state index contributed by atoms with van der Waals surface area (Å²) >= 11 is 10.5. The zero-order chi connectivity index (χ0) is 6.69. The monoisotopic (exact) mass is 180 g/mol. The number of benzene rings is 1. The van der Waals surface area contributed by atoms with Crippen LogP contribution in [0.4, 0.5) is 0 Å². The van der Waals surface area contributed by atoms with Gasteiger partial charge < -0.3 is 12.6 Å². The Labute approximate surface area is 93.7 Å². The summed E-state index contributed by atoms with van der Waals surface area (Å²) in [6, 6.07) is 7.58. The third kappa shape index (κ3) is 3.31. The first-order valence-corrected chi connectivity index (χ1v) is 3.61. The smallest absolute Gasteiger partial charge is 0.788 e. The van der Waals surface area contributed by atoms with Crippen molar-refractivity contribution in [2.45, 2.75) is 5.75 Å². The molecule has 0 aliphatic carbocycles. The van der Waals surface area contributed by atoms with E-state index in [1.807, 2.05) is 24.3 Å². The summed E-state index contributed by atoms with van der Waals surface area (Å²) in [5, 5.41) is 0.766. The van der Waals surface area contributed by atoms with Gasteiger partial charge in [-0.1, -0.05) is 29.3 Å². The minimum atomic E-state index is 0. The van der Waals surface area contributed by atoms with E-state index in [1.165, 1.54) is 0 Å². The van der Waals surface area contributed by atoms with Crippen molar-refractivity contribution < 1.29 is 29.6 Å². The second kappa shape index (κ2) is 5.50. The Kier molecular flexibility index (Phi) is 5.98. The Morgan fingerprint density at radius 1 is 1.20 bits per heavy atom. The zero-order valence-corrected chi connectivity index (χ0v) is 9.38. The first-order chi connectivity index (χ1) is 4.33. The molecule has 1 aromatic carbocycles. The van der Waals surface area contributed by atoms with Gasteiger partial charge in [-0.15, -0.1) is 0 Å². The van der Waals surface area contributed by atoms with E-state index in [4.69, 9.17) is 24.2 Å². The molecule has 0 aliphatic rings. The summed E-state index contributed by atoms with van der Waals surface area (Å²) in [5.74, 6) is 0.664. The molecule has 10 heavy (non-hydrogen) atoms. The van der Waals surface area contributed by atoms with E-state index in [0.717, 1.165) is 10.6 Å². The van der Waals surface area contributed by atoms with Crippen molar-refractivity contribution in [3.63, 3.8) is 0 Å². The molecule has 0 nitrogen and oxygen atoms in total. The molecule has 0 fully saturated rings. The molecule has 1 aromatic rings. The molecule has 0 aromatic heterocycles. The molecular formula is C7H6ClNaS. The van der Waals surface area contributed by atoms with E-state index < -0.39 is 0 Å². The number of rotatable bonds is 1. The topological polar surface area (TPSA) is 0 Å². The van der Waals surface area contributed by atoms with Crippen molar-refractivity contribution in [1.82, 2.24) is 0 Å². The fourth-order valence-electron chi connectivity index (χ4n) is 0.581. The normalized spacial score (nSPS) is 8.60. The Bertz CT molecular complexity index is 185. The van der Waals surface area contributed by atoms with Crippen LogP contribution < -0.4 is 29.6 Å². The van der Waals surface area contributed by atoms with Gasteiger partial charge in [0.2, 0.25) is 0 Å². The molecule has 0 saturated carbocycles. The number of halogens is 1. The molecule has 0 amide bonds. The number of hydrogen-bond donors (Lipinski definition) is 0. The SMILES string of the molecule is [Na+].[S-]Cc1ccc(Cl)cc1. The maximum absolute atomic E-state index is 5.63. The molecule has 0 unspecified atom stereocenters. The first-order valence-electron chi connectivity index (χ1n) is 2.65. The van der Waals surface area contributed by atoms with Crippen molar-refractivity contribution in [3.8, 4) is 0 Å². The van der Waals surface area contributed by atoms with Crippen LogP contribution in [-0.2, 0) is 18.4 Å². The molecule has 0 heterocycles. The summed E-state index contributed by atoms with van der Waals surface area (Å²) in [6.45, 7) is 0. The molecule has 0 aliphatic heterocycles. The van der Waals surface area contributed by atoms with Crippen LogP contribution in [0.1, 0.15) is 5.56 Å². The average molecular weight is 181 g/mol. The van der Waals surface area contributed by atoms with Crippen molar-refractivity contribution in [2.75, 3.05) is 0 Å². The Hall–Kier alpha value is 0.860. The van der Waals surface area contributed by atoms with Crippen LogP contribution in [0.2, 0.25) is 5.02 Å². The summed E-state index contributed by atoms with van der Waals surface area (Å²) in [5.41, 5.74) is 1.15. The molecule has 0 saturated heterocycles. The molecule has 0 atom stereocenters. The molecule has 0 radical (unpaired) electrons. The van der Waals surface area contributed by atoms with Crippen molar-refractivity contribution in [3.05, 3.63) is 34.9 Å². The second-order valence-electron chi connectivity index (χ2n) is 1.77. The molecule has 3 heteroatoms. The summed E-state index contributed by atoms with van der Waals surface area (Å²) < 4.78 is 0. The third-order valence-electron chi connectivity index (χ3n) is 1.08. The Balaban J connectivity index is 0.000000810. The fourth-order valence-corrected chi connectivity index (χ4v) is 0.899. The van der Waals surface area contributed by atoms with Gasteiger partial charge in [0.25, 0.3) is 0 Å². The largest absolute Gasteiger partial charge is 1.00 e. The van der Waals surface area contributed by atoms with Crippen LogP contribution in [-0.4, -0.2) is 0 Å². The third-order valence-corrected chi connectivity index (χ3v) is 1.67. The minimum absolute atomic E-state index is 0. The van der Waals surface area contributed by atoms with Gasteiger partial charge in [-0.3, -0.25) is 0 Å². The molecule has 48 valence electrons. The number of hydrogen-bond acceptors (Lipinski definition) is 1. The van der Waals surface area contributed by atoms with Gasteiger partial charge in [-0.2, -0.15) is 5.75 Å². The molecule has 1 rings (SSSR count). The second-order valence-corrected chi connectivity index (χ2v) is 2.50. The summed E-state index contributed by atoms with van der Waals surface area (Å²) in [6.07, 6.45) is 0. The predicted octanol–water partition coefficient (Wildman–Crippen LogP) is -0.609. The quantitative estimate of drug-likeness (QED) is 0.411. The maximum Gasteiger partial charge on any atom is 1.00 e. The van der Waals surface area contributed by atoms with E-state index >= 15 is 0 Å². The van der Waals surface area contributed by atoms with Crippen LogP contribution in [0.15, 0.2) is 24.3 Å². The van der Waals surface area contributed by atoms with Gasteiger partial charge in [-0.25, -0.2) is 0 Å². The van der Waals surface area contributed by atoms with Gasteiger partial charge in [-0.05, 0) is 12.1 Å². The fraction of sp³-hybridized carbons (Fsp3) is 0.143. The predicted molar refractivity (Wildman–Crippen MR) is 42.5 cm³/mol. The standard InChI is InChI=1S/C7H7ClS.Na/c8-7-3-1-6(5-9)2-4-7;/h1-4,9H,5H2;/q;+1/p-1. The molecular weight excluding hydrogens is 175 g/mol. The maximum atomic E-state index is 5.63. The van der Waals surface area contributed by atoms with Crippen LogP contribution >= 0.6 is 11.6 Å². The summed E-state index contributed by atoms with van der Waals surface area (Å²) in [7, 11) is 0. The Morgan fingerprint density at radius 3 is 2.10 bits per heavy atom. The van der Waals surface area contributed by atoms with Crippen molar-refractivity contribution in [2.24, 2.45) is 0 Å². The van der Waals surface area contributed by atoms with E-state index in [0.29, 0.717) is 5.75 Å². The van der Waals surface area contributed by atoms with E-state index in [9.17, 15) is 0 Å². The molecule has 0 N–H and O–H groups in total. The van der Waals surface area contributed by atoms with Gasteiger partial charge in [0.05, 0.1) is 0 Å². The van der Waals surface area contributed by atoms with Crippen molar-refractivity contribution in [1.29, 1.82) is 0 Å².